The number of aromatic nitrogens is 2. The standard InChI is InChI=1S/C27H32N4O3/c1-18-10-4-6-12-20(18)29-26(33)27(2)17-30-22-14-8-7-13-21(22)28-24(30)25(32)31(27)16-19-11-5-9-15-23(19)34-3/h5,7-9,11,13-15,18,20H,4,6,10,12,16-17H2,1-3H3,(H,29,33)/t18-,20+,27+/m0/s1. The summed E-state index contributed by atoms with van der Waals surface area (Å²) in [6.07, 6.45) is 4.41. The van der Waals surface area contributed by atoms with Crippen LogP contribution in [0.4, 0.5) is 0 Å². The Bertz CT molecular complexity index is 1240. The molecule has 0 unspecified atom stereocenters. The zero-order valence-corrected chi connectivity index (χ0v) is 20.1. The van der Waals surface area contributed by atoms with E-state index in [1.54, 1.807) is 12.0 Å². The summed E-state index contributed by atoms with van der Waals surface area (Å²) in [7, 11) is 1.62. The molecule has 2 aliphatic rings. The number of carbonyl (C=O) groups excluding carboxylic acids is 2. The maximum atomic E-state index is 13.9. The van der Waals surface area contributed by atoms with Crippen molar-refractivity contribution < 1.29 is 14.3 Å². The molecule has 0 spiro atoms. The summed E-state index contributed by atoms with van der Waals surface area (Å²) >= 11 is 0. The van der Waals surface area contributed by atoms with Crippen LogP contribution in [-0.2, 0) is 17.9 Å². The first-order valence-electron chi connectivity index (χ1n) is 12.1. The van der Waals surface area contributed by atoms with Gasteiger partial charge in [0, 0.05) is 11.6 Å². The molecule has 178 valence electrons. The second-order valence-electron chi connectivity index (χ2n) is 9.83. The maximum Gasteiger partial charge on any atom is 0.291 e. The number of imidazole rings is 1. The second-order valence-corrected chi connectivity index (χ2v) is 9.83. The summed E-state index contributed by atoms with van der Waals surface area (Å²) in [5.41, 5.74) is 1.40. The molecule has 0 bridgehead atoms. The van der Waals surface area contributed by atoms with Gasteiger partial charge in [-0.25, -0.2) is 4.98 Å². The zero-order chi connectivity index (χ0) is 23.9. The van der Waals surface area contributed by atoms with Crippen molar-refractivity contribution in [2.24, 2.45) is 5.92 Å². The molecule has 7 heteroatoms. The predicted molar refractivity (Wildman–Crippen MR) is 131 cm³/mol. The van der Waals surface area contributed by atoms with Gasteiger partial charge in [0.15, 0.2) is 5.82 Å². The highest BCUT2D eigenvalue weighted by Crippen LogP contribution is 2.34. The minimum Gasteiger partial charge on any atom is -0.496 e. The first-order valence-corrected chi connectivity index (χ1v) is 12.1. The number of benzene rings is 2. The first kappa shape index (κ1) is 22.4. The van der Waals surface area contributed by atoms with Crippen molar-refractivity contribution >= 4 is 22.8 Å². The van der Waals surface area contributed by atoms with Gasteiger partial charge in [0.1, 0.15) is 11.3 Å². The number of fused-ring (bicyclic) bond motifs is 3. The maximum absolute atomic E-state index is 13.9. The van der Waals surface area contributed by atoms with Gasteiger partial charge in [-0.15, -0.1) is 0 Å². The number of hydrogen-bond acceptors (Lipinski definition) is 4. The van der Waals surface area contributed by atoms with Crippen LogP contribution < -0.4 is 10.1 Å². The highest BCUT2D eigenvalue weighted by molar-refractivity contribution is 6.01. The third-order valence-electron chi connectivity index (χ3n) is 7.59. The molecule has 1 aromatic heterocycles. The predicted octanol–water partition coefficient (Wildman–Crippen LogP) is 4.15. The molecule has 1 saturated carbocycles. The number of hydrogen-bond donors (Lipinski definition) is 1. The molecular formula is C27H32N4O3. The fraction of sp³-hybridized carbons (Fsp3) is 0.444. The lowest BCUT2D eigenvalue weighted by molar-refractivity contribution is -0.134. The Kier molecular flexibility index (Phi) is 5.80. The average molecular weight is 461 g/mol. The molecule has 0 radical (unpaired) electrons. The number of ether oxygens (including phenoxy) is 1. The van der Waals surface area contributed by atoms with Crippen molar-refractivity contribution in [3.8, 4) is 5.75 Å². The largest absolute Gasteiger partial charge is 0.496 e. The van der Waals surface area contributed by atoms with Crippen molar-refractivity contribution in [2.75, 3.05) is 7.11 Å². The molecule has 2 aromatic carbocycles. The van der Waals surface area contributed by atoms with Crippen LogP contribution in [0.3, 0.4) is 0 Å². The van der Waals surface area contributed by atoms with E-state index in [0.717, 1.165) is 35.9 Å². The van der Waals surface area contributed by atoms with Crippen LogP contribution in [0.2, 0.25) is 0 Å². The molecule has 3 atom stereocenters. The smallest absolute Gasteiger partial charge is 0.291 e. The van der Waals surface area contributed by atoms with E-state index in [-0.39, 0.29) is 24.4 Å². The van der Waals surface area contributed by atoms with E-state index in [0.29, 0.717) is 24.0 Å². The molecule has 1 aliphatic heterocycles. The van der Waals surface area contributed by atoms with Crippen molar-refractivity contribution in [3.05, 3.63) is 59.9 Å². The van der Waals surface area contributed by atoms with Gasteiger partial charge in [0.05, 0.1) is 31.2 Å². The van der Waals surface area contributed by atoms with Crippen LogP contribution in [0.5, 0.6) is 5.75 Å². The third-order valence-corrected chi connectivity index (χ3v) is 7.59. The van der Waals surface area contributed by atoms with Gasteiger partial charge in [0.25, 0.3) is 5.91 Å². The van der Waals surface area contributed by atoms with E-state index in [4.69, 9.17) is 4.74 Å². The molecule has 7 nitrogen and oxygen atoms in total. The fourth-order valence-electron chi connectivity index (χ4n) is 5.44. The molecule has 3 aromatic rings. The second kappa shape index (κ2) is 8.78. The highest BCUT2D eigenvalue weighted by atomic mass is 16.5. The van der Waals surface area contributed by atoms with Crippen LogP contribution in [-0.4, -0.2) is 45.0 Å². The van der Waals surface area contributed by atoms with Gasteiger partial charge < -0.3 is 19.5 Å². The van der Waals surface area contributed by atoms with E-state index in [1.165, 1.54) is 6.42 Å². The molecule has 0 saturated heterocycles. The Morgan fingerprint density at radius 2 is 1.88 bits per heavy atom. The molecule has 2 heterocycles. The lowest BCUT2D eigenvalue weighted by Crippen LogP contribution is -2.65. The van der Waals surface area contributed by atoms with E-state index in [1.807, 2.05) is 60.0 Å². The number of nitrogens with one attached hydrogen (secondary N) is 1. The quantitative estimate of drug-likeness (QED) is 0.621. The number of methoxy groups -OCH3 is 1. The molecule has 1 aliphatic carbocycles. The number of para-hydroxylation sites is 3. The number of carbonyl (C=O) groups is 2. The fourth-order valence-corrected chi connectivity index (χ4v) is 5.44. The first-order chi connectivity index (χ1) is 16.4. The van der Waals surface area contributed by atoms with E-state index in [9.17, 15) is 9.59 Å². The summed E-state index contributed by atoms with van der Waals surface area (Å²) in [4.78, 5) is 34.1. The van der Waals surface area contributed by atoms with Gasteiger partial charge in [-0.05, 0) is 43.9 Å². The van der Waals surface area contributed by atoms with Gasteiger partial charge in [0.2, 0.25) is 5.91 Å². The van der Waals surface area contributed by atoms with E-state index >= 15 is 0 Å². The molecule has 5 rings (SSSR count). The Labute approximate surface area is 200 Å². The van der Waals surface area contributed by atoms with Crippen molar-refractivity contribution in [1.82, 2.24) is 19.8 Å². The topological polar surface area (TPSA) is 76.5 Å². The van der Waals surface area contributed by atoms with Crippen LogP contribution in [0.1, 0.15) is 55.7 Å². The molecule has 2 amide bonds. The lowest BCUT2D eigenvalue weighted by atomic mass is 9.85. The number of amides is 2. The molecule has 1 fully saturated rings. The Morgan fingerprint density at radius 1 is 1.15 bits per heavy atom. The van der Waals surface area contributed by atoms with Crippen LogP contribution in [0.25, 0.3) is 11.0 Å². The minimum absolute atomic E-state index is 0.113. The molecule has 1 N–H and O–H groups in total. The van der Waals surface area contributed by atoms with Gasteiger partial charge >= 0.3 is 0 Å². The summed E-state index contributed by atoms with van der Waals surface area (Å²) in [5.74, 6) is 1.12. The Balaban J connectivity index is 1.57. The number of rotatable bonds is 5. The van der Waals surface area contributed by atoms with Crippen molar-refractivity contribution in [3.63, 3.8) is 0 Å². The van der Waals surface area contributed by atoms with E-state index < -0.39 is 5.54 Å². The van der Waals surface area contributed by atoms with Gasteiger partial charge in [-0.2, -0.15) is 0 Å². The van der Waals surface area contributed by atoms with Crippen LogP contribution in [0, 0.1) is 5.92 Å². The minimum atomic E-state index is -1.08. The third kappa shape index (κ3) is 3.73. The normalized spacial score (nSPS) is 24.7. The summed E-state index contributed by atoms with van der Waals surface area (Å²) in [6, 6.07) is 15.5. The monoisotopic (exact) mass is 460 g/mol. The average Bonchev–Trinajstić information content (AvgIpc) is 3.22. The number of nitrogens with zero attached hydrogens (tertiary/aromatic N) is 3. The van der Waals surface area contributed by atoms with Gasteiger partial charge in [-0.1, -0.05) is 50.1 Å². The Hall–Kier alpha value is -3.35. The van der Waals surface area contributed by atoms with Crippen LogP contribution in [0.15, 0.2) is 48.5 Å². The lowest BCUT2D eigenvalue weighted by Gasteiger charge is -2.45. The zero-order valence-electron chi connectivity index (χ0n) is 20.1. The summed E-state index contributed by atoms with van der Waals surface area (Å²) < 4.78 is 7.45. The van der Waals surface area contributed by atoms with Crippen molar-refractivity contribution in [1.29, 1.82) is 0 Å². The Morgan fingerprint density at radius 3 is 2.68 bits per heavy atom. The SMILES string of the molecule is COc1ccccc1CN1C(=O)c2nc3ccccc3n2C[C@]1(C)C(=O)N[C@@H]1CCCC[C@@H]1C. The van der Waals surface area contributed by atoms with E-state index in [2.05, 4.69) is 17.2 Å². The highest BCUT2D eigenvalue weighted by Gasteiger charge is 2.49. The summed E-state index contributed by atoms with van der Waals surface area (Å²) in [5, 5.41) is 3.32. The van der Waals surface area contributed by atoms with Gasteiger partial charge in [-0.3, -0.25) is 9.59 Å². The molecule has 34 heavy (non-hydrogen) atoms. The van der Waals surface area contributed by atoms with Crippen LogP contribution >= 0.6 is 0 Å². The molecular weight excluding hydrogens is 428 g/mol. The van der Waals surface area contributed by atoms with Crippen molar-refractivity contribution in [2.45, 2.75) is 64.2 Å². The summed E-state index contributed by atoms with van der Waals surface area (Å²) in [6.45, 7) is 4.68.